The molecule has 0 fully saturated rings. The Morgan fingerprint density at radius 3 is 2.62 bits per heavy atom. The highest BCUT2D eigenvalue weighted by atomic mass is 16.5. The van der Waals surface area contributed by atoms with Gasteiger partial charge in [-0.15, -0.1) is 0 Å². The first-order valence-electron chi connectivity index (χ1n) is 7.25. The van der Waals surface area contributed by atoms with Gasteiger partial charge in [-0.2, -0.15) is 0 Å². The molecule has 3 heteroatoms. The smallest absolute Gasteiger partial charge is 0.224 e. The summed E-state index contributed by atoms with van der Waals surface area (Å²) < 4.78 is 5.42. The van der Waals surface area contributed by atoms with Crippen molar-refractivity contribution in [1.82, 2.24) is 0 Å². The standard InChI is InChI=1S/C18H21NO2/c1-3-21-17-6-4-5-16(13-17)19-18(20)12-11-15-9-7-14(2)8-10-15/h4-10,13H,3,11-12H2,1-2H3,(H,19,20). The molecule has 0 aliphatic heterocycles. The number of rotatable bonds is 6. The number of hydrogen-bond acceptors (Lipinski definition) is 2. The Bertz CT molecular complexity index is 590. The van der Waals surface area contributed by atoms with Gasteiger partial charge in [-0.1, -0.05) is 35.9 Å². The van der Waals surface area contributed by atoms with Crippen LogP contribution in [0, 0.1) is 6.92 Å². The molecule has 0 saturated carbocycles. The Morgan fingerprint density at radius 1 is 1.14 bits per heavy atom. The van der Waals surface area contributed by atoms with E-state index in [1.165, 1.54) is 11.1 Å². The van der Waals surface area contributed by atoms with Crippen LogP contribution in [0.5, 0.6) is 5.75 Å². The summed E-state index contributed by atoms with van der Waals surface area (Å²) in [5.74, 6) is 0.790. The zero-order valence-corrected chi connectivity index (χ0v) is 12.6. The Morgan fingerprint density at radius 2 is 1.90 bits per heavy atom. The molecule has 0 aliphatic carbocycles. The highest BCUT2D eigenvalue weighted by Gasteiger charge is 2.04. The van der Waals surface area contributed by atoms with Crippen LogP contribution in [0.1, 0.15) is 24.5 Å². The number of hydrogen-bond donors (Lipinski definition) is 1. The first-order valence-corrected chi connectivity index (χ1v) is 7.25. The van der Waals surface area contributed by atoms with Crippen molar-refractivity contribution in [1.29, 1.82) is 0 Å². The highest BCUT2D eigenvalue weighted by molar-refractivity contribution is 5.91. The number of benzene rings is 2. The lowest BCUT2D eigenvalue weighted by molar-refractivity contribution is -0.116. The molecule has 2 aromatic carbocycles. The second-order valence-electron chi connectivity index (χ2n) is 4.99. The van der Waals surface area contributed by atoms with Gasteiger partial charge in [0.15, 0.2) is 0 Å². The number of aryl methyl sites for hydroxylation is 2. The van der Waals surface area contributed by atoms with Crippen molar-refractivity contribution in [3.05, 3.63) is 59.7 Å². The summed E-state index contributed by atoms with van der Waals surface area (Å²) in [5, 5.41) is 2.90. The van der Waals surface area contributed by atoms with E-state index in [0.717, 1.165) is 17.9 Å². The van der Waals surface area contributed by atoms with Gasteiger partial charge in [-0.25, -0.2) is 0 Å². The fourth-order valence-electron chi connectivity index (χ4n) is 2.07. The van der Waals surface area contributed by atoms with E-state index in [1.54, 1.807) is 0 Å². The van der Waals surface area contributed by atoms with Gasteiger partial charge < -0.3 is 10.1 Å². The molecule has 1 N–H and O–H groups in total. The fraction of sp³-hybridized carbons (Fsp3) is 0.278. The molecule has 0 saturated heterocycles. The molecule has 0 atom stereocenters. The summed E-state index contributed by atoms with van der Waals surface area (Å²) in [7, 11) is 0. The minimum Gasteiger partial charge on any atom is -0.494 e. The van der Waals surface area contributed by atoms with Gasteiger partial charge in [0.1, 0.15) is 5.75 Å². The van der Waals surface area contributed by atoms with E-state index < -0.39 is 0 Å². The van der Waals surface area contributed by atoms with Crippen molar-refractivity contribution in [2.75, 3.05) is 11.9 Å². The van der Waals surface area contributed by atoms with Crippen molar-refractivity contribution in [3.8, 4) is 5.75 Å². The van der Waals surface area contributed by atoms with Gasteiger partial charge in [0, 0.05) is 18.2 Å². The average Bonchev–Trinajstić information content (AvgIpc) is 2.47. The van der Waals surface area contributed by atoms with Gasteiger partial charge >= 0.3 is 0 Å². The van der Waals surface area contributed by atoms with Crippen molar-refractivity contribution in [2.24, 2.45) is 0 Å². The maximum Gasteiger partial charge on any atom is 0.224 e. The molecule has 0 aliphatic rings. The van der Waals surface area contributed by atoms with Crippen molar-refractivity contribution in [3.63, 3.8) is 0 Å². The van der Waals surface area contributed by atoms with E-state index in [4.69, 9.17) is 4.74 Å². The predicted molar refractivity (Wildman–Crippen MR) is 85.7 cm³/mol. The Labute approximate surface area is 126 Å². The summed E-state index contributed by atoms with van der Waals surface area (Å²) in [5.41, 5.74) is 3.18. The van der Waals surface area contributed by atoms with Gasteiger partial charge in [0.25, 0.3) is 0 Å². The topological polar surface area (TPSA) is 38.3 Å². The maximum atomic E-state index is 12.0. The third kappa shape index (κ3) is 4.95. The zero-order valence-electron chi connectivity index (χ0n) is 12.6. The lowest BCUT2D eigenvalue weighted by Gasteiger charge is -2.08. The molecule has 0 bridgehead atoms. The largest absolute Gasteiger partial charge is 0.494 e. The molecule has 0 radical (unpaired) electrons. The number of carbonyl (C=O) groups excluding carboxylic acids is 1. The quantitative estimate of drug-likeness (QED) is 0.871. The van der Waals surface area contributed by atoms with Crippen LogP contribution in [0.25, 0.3) is 0 Å². The number of amides is 1. The van der Waals surface area contributed by atoms with Crippen molar-refractivity contribution >= 4 is 11.6 Å². The molecule has 0 heterocycles. The summed E-state index contributed by atoms with van der Waals surface area (Å²) in [4.78, 5) is 12.0. The minimum atomic E-state index is 0.0178. The Balaban J connectivity index is 1.86. The second-order valence-corrected chi connectivity index (χ2v) is 4.99. The number of nitrogens with one attached hydrogen (secondary N) is 1. The highest BCUT2D eigenvalue weighted by Crippen LogP contribution is 2.17. The molecule has 21 heavy (non-hydrogen) atoms. The first-order chi connectivity index (χ1) is 10.2. The van der Waals surface area contributed by atoms with Crippen LogP contribution < -0.4 is 10.1 Å². The van der Waals surface area contributed by atoms with Gasteiger partial charge in [-0.3, -0.25) is 4.79 Å². The number of ether oxygens (including phenoxy) is 1. The molecule has 3 nitrogen and oxygen atoms in total. The minimum absolute atomic E-state index is 0.0178. The third-order valence-electron chi connectivity index (χ3n) is 3.19. The maximum absolute atomic E-state index is 12.0. The number of anilines is 1. The molecule has 1 amide bonds. The summed E-state index contributed by atoms with van der Waals surface area (Å²) in [6, 6.07) is 15.7. The molecular formula is C18H21NO2. The first kappa shape index (κ1) is 15.1. The van der Waals surface area contributed by atoms with E-state index in [-0.39, 0.29) is 5.91 Å². The van der Waals surface area contributed by atoms with Crippen molar-refractivity contribution < 1.29 is 9.53 Å². The van der Waals surface area contributed by atoms with E-state index in [9.17, 15) is 4.79 Å². The summed E-state index contributed by atoms with van der Waals surface area (Å²) in [6.07, 6.45) is 1.22. The third-order valence-corrected chi connectivity index (χ3v) is 3.19. The van der Waals surface area contributed by atoms with E-state index >= 15 is 0 Å². The van der Waals surface area contributed by atoms with Gasteiger partial charge in [-0.05, 0) is 38.0 Å². The molecule has 0 aromatic heterocycles. The average molecular weight is 283 g/mol. The lowest BCUT2D eigenvalue weighted by Crippen LogP contribution is -2.12. The van der Waals surface area contributed by atoms with Crippen molar-refractivity contribution in [2.45, 2.75) is 26.7 Å². The van der Waals surface area contributed by atoms with E-state index in [0.29, 0.717) is 13.0 Å². The number of carbonyl (C=O) groups is 1. The molecule has 110 valence electrons. The van der Waals surface area contributed by atoms with Gasteiger partial charge in [0.2, 0.25) is 5.91 Å². The second kappa shape index (κ2) is 7.48. The predicted octanol–water partition coefficient (Wildman–Crippen LogP) is 3.97. The lowest BCUT2D eigenvalue weighted by atomic mass is 10.1. The normalized spacial score (nSPS) is 10.2. The van der Waals surface area contributed by atoms with E-state index in [2.05, 4.69) is 36.5 Å². The molecule has 2 rings (SSSR count). The summed E-state index contributed by atoms with van der Waals surface area (Å²) >= 11 is 0. The molecular weight excluding hydrogens is 262 g/mol. The molecule has 0 spiro atoms. The van der Waals surface area contributed by atoms with Crippen LogP contribution in [0.3, 0.4) is 0 Å². The molecule has 0 unspecified atom stereocenters. The molecule has 2 aromatic rings. The van der Waals surface area contributed by atoms with Crippen LogP contribution in [-0.2, 0) is 11.2 Å². The van der Waals surface area contributed by atoms with Crippen LogP contribution in [0.2, 0.25) is 0 Å². The monoisotopic (exact) mass is 283 g/mol. The zero-order chi connectivity index (χ0) is 15.1. The Kier molecular flexibility index (Phi) is 5.38. The fourth-order valence-corrected chi connectivity index (χ4v) is 2.07. The van der Waals surface area contributed by atoms with Gasteiger partial charge in [0.05, 0.1) is 6.61 Å². The van der Waals surface area contributed by atoms with E-state index in [1.807, 2.05) is 31.2 Å². The van der Waals surface area contributed by atoms with Crippen LogP contribution in [-0.4, -0.2) is 12.5 Å². The van der Waals surface area contributed by atoms with Crippen LogP contribution >= 0.6 is 0 Å². The van der Waals surface area contributed by atoms with Crippen LogP contribution in [0.15, 0.2) is 48.5 Å². The van der Waals surface area contributed by atoms with Crippen LogP contribution in [0.4, 0.5) is 5.69 Å². The summed E-state index contributed by atoms with van der Waals surface area (Å²) in [6.45, 7) is 4.61. The SMILES string of the molecule is CCOc1cccc(NC(=O)CCc2ccc(C)cc2)c1. The Hall–Kier alpha value is -2.29.